The first kappa shape index (κ1) is 12.4. The molecule has 0 heterocycles. The molecule has 1 nitrogen and oxygen atoms in total. The van der Waals surface area contributed by atoms with Crippen LogP contribution in [0.4, 0.5) is 0 Å². The summed E-state index contributed by atoms with van der Waals surface area (Å²) in [5.74, 6) is 1.92. The lowest BCUT2D eigenvalue weighted by Crippen LogP contribution is -2.14. The van der Waals surface area contributed by atoms with Gasteiger partial charge in [0.1, 0.15) is 0 Å². The van der Waals surface area contributed by atoms with E-state index in [1.54, 1.807) is 6.92 Å². The van der Waals surface area contributed by atoms with Crippen molar-refractivity contribution < 1.29 is 4.79 Å². The average molecular weight is 182 g/mol. The van der Waals surface area contributed by atoms with Crippen molar-refractivity contribution in [1.29, 1.82) is 0 Å². The Morgan fingerprint density at radius 2 is 1.38 bits per heavy atom. The largest absolute Gasteiger partial charge is 0.295 e. The molecule has 0 unspecified atom stereocenters. The third kappa shape index (κ3) is 4.25. The highest BCUT2D eigenvalue weighted by molar-refractivity contribution is 5.92. The van der Waals surface area contributed by atoms with Crippen LogP contribution in [-0.2, 0) is 4.79 Å². The molecule has 0 rings (SSSR count). The van der Waals surface area contributed by atoms with Crippen molar-refractivity contribution >= 4 is 5.78 Å². The Hall–Kier alpha value is -0.590. The fraction of sp³-hybridized carbons (Fsp3) is 0.750. The van der Waals surface area contributed by atoms with E-state index in [2.05, 4.69) is 33.8 Å². The molecule has 0 amide bonds. The van der Waals surface area contributed by atoms with Crippen LogP contribution in [0.25, 0.3) is 0 Å². The summed E-state index contributed by atoms with van der Waals surface area (Å²) in [5, 5.41) is 0. The summed E-state index contributed by atoms with van der Waals surface area (Å²) in [6, 6.07) is 0. The predicted octanol–water partition coefficient (Wildman–Crippen LogP) is 3.45. The van der Waals surface area contributed by atoms with Gasteiger partial charge in [-0.15, -0.1) is 0 Å². The molecule has 0 fully saturated rings. The molecular weight excluding hydrogens is 160 g/mol. The van der Waals surface area contributed by atoms with Crippen LogP contribution < -0.4 is 0 Å². The van der Waals surface area contributed by atoms with Crippen LogP contribution in [0, 0.1) is 17.8 Å². The molecule has 0 N–H and O–H groups in total. The van der Waals surface area contributed by atoms with Gasteiger partial charge in [-0.1, -0.05) is 33.8 Å². The molecule has 0 spiro atoms. The van der Waals surface area contributed by atoms with Crippen molar-refractivity contribution in [3.05, 3.63) is 11.6 Å². The van der Waals surface area contributed by atoms with Gasteiger partial charge in [0.15, 0.2) is 5.78 Å². The first-order valence-corrected chi connectivity index (χ1v) is 5.05. The molecule has 0 radical (unpaired) electrons. The topological polar surface area (TPSA) is 17.1 Å². The van der Waals surface area contributed by atoms with Crippen molar-refractivity contribution in [1.82, 2.24) is 0 Å². The maximum atomic E-state index is 11.1. The zero-order chi connectivity index (χ0) is 10.6. The standard InChI is InChI=1S/C12H22O/c1-8(2)12(9(3)4)7-10(5)11(6)13/h7-9,12H,1-6H3/b10-7+. The molecule has 1 heteroatoms. The van der Waals surface area contributed by atoms with Crippen molar-refractivity contribution in [2.75, 3.05) is 0 Å². The molecule has 13 heavy (non-hydrogen) atoms. The lowest BCUT2D eigenvalue weighted by Gasteiger charge is -2.21. The van der Waals surface area contributed by atoms with Gasteiger partial charge in [0, 0.05) is 0 Å². The monoisotopic (exact) mass is 182 g/mol. The van der Waals surface area contributed by atoms with Crippen molar-refractivity contribution in [3.8, 4) is 0 Å². The predicted molar refractivity (Wildman–Crippen MR) is 57.6 cm³/mol. The molecule has 76 valence electrons. The summed E-state index contributed by atoms with van der Waals surface area (Å²) in [7, 11) is 0. The Kier molecular flexibility index (Phi) is 4.97. The highest BCUT2D eigenvalue weighted by Crippen LogP contribution is 2.23. The fourth-order valence-corrected chi connectivity index (χ4v) is 1.56. The van der Waals surface area contributed by atoms with Gasteiger partial charge in [-0.05, 0) is 37.2 Å². The van der Waals surface area contributed by atoms with Crippen LogP contribution in [0.2, 0.25) is 0 Å². The van der Waals surface area contributed by atoms with Crippen LogP contribution >= 0.6 is 0 Å². The van der Waals surface area contributed by atoms with Crippen LogP contribution in [-0.4, -0.2) is 5.78 Å². The average Bonchev–Trinajstić information content (AvgIpc) is 1.97. The molecule has 0 aromatic heterocycles. The first-order valence-electron chi connectivity index (χ1n) is 5.05. The minimum Gasteiger partial charge on any atom is -0.295 e. The van der Waals surface area contributed by atoms with E-state index in [1.807, 2.05) is 6.92 Å². The summed E-state index contributed by atoms with van der Waals surface area (Å²) in [6.07, 6.45) is 2.12. The smallest absolute Gasteiger partial charge is 0.155 e. The van der Waals surface area contributed by atoms with Gasteiger partial charge in [-0.3, -0.25) is 4.79 Å². The molecular formula is C12H22O. The maximum absolute atomic E-state index is 11.1. The maximum Gasteiger partial charge on any atom is 0.155 e. The Morgan fingerprint density at radius 1 is 1.00 bits per heavy atom. The van der Waals surface area contributed by atoms with E-state index >= 15 is 0 Å². The lowest BCUT2D eigenvalue weighted by molar-refractivity contribution is -0.113. The zero-order valence-corrected chi connectivity index (χ0v) is 9.72. The third-order valence-electron chi connectivity index (χ3n) is 2.54. The quantitative estimate of drug-likeness (QED) is 0.609. The molecule has 0 aliphatic heterocycles. The first-order chi connectivity index (χ1) is 5.86. The van der Waals surface area contributed by atoms with Gasteiger partial charge < -0.3 is 0 Å². The van der Waals surface area contributed by atoms with Gasteiger partial charge in [0.25, 0.3) is 0 Å². The van der Waals surface area contributed by atoms with E-state index in [4.69, 9.17) is 0 Å². The summed E-state index contributed by atoms with van der Waals surface area (Å²) in [5.41, 5.74) is 0.896. The SMILES string of the molecule is CC(=O)/C(C)=C/C(C(C)C)C(C)C. The third-order valence-corrected chi connectivity index (χ3v) is 2.54. The number of rotatable bonds is 4. The molecule has 0 saturated heterocycles. The molecule has 0 aromatic rings. The highest BCUT2D eigenvalue weighted by Gasteiger charge is 2.15. The van der Waals surface area contributed by atoms with Gasteiger partial charge >= 0.3 is 0 Å². The van der Waals surface area contributed by atoms with Crippen LogP contribution in [0.3, 0.4) is 0 Å². The van der Waals surface area contributed by atoms with Gasteiger partial charge in [0.2, 0.25) is 0 Å². The second-order valence-corrected chi connectivity index (χ2v) is 4.47. The van der Waals surface area contributed by atoms with Crippen molar-refractivity contribution in [2.45, 2.75) is 41.5 Å². The van der Waals surface area contributed by atoms with Crippen molar-refractivity contribution in [3.63, 3.8) is 0 Å². The number of ketones is 1. The zero-order valence-electron chi connectivity index (χ0n) is 9.72. The molecule has 0 saturated carbocycles. The van der Waals surface area contributed by atoms with Crippen LogP contribution in [0.5, 0.6) is 0 Å². The van der Waals surface area contributed by atoms with E-state index in [0.717, 1.165) is 5.57 Å². The Morgan fingerprint density at radius 3 is 1.62 bits per heavy atom. The Balaban J connectivity index is 4.59. The number of Topliss-reactive ketones (excluding diaryl/α,β-unsaturated/α-hetero) is 1. The number of carbonyl (C=O) groups is 1. The van der Waals surface area contributed by atoms with E-state index in [9.17, 15) is 4.79 Å². The van der Waals surface area contributed by atoms with Crippen molar-refractivity contribution in [2.24, 2.45) is 17.8 Å². The highest BCUT2D eigenvalue weighted by atomic mass is 16.1. The van der Waals surface area contributed by atoms with Crippen LogP contribution in [0.15, 0.2) is 11.6 Å². The summed E-state index contributed by atoms with van der Waals surface area (Å²) < 4.78 is 0. The van der Waals surface area contributed by atoms with E-state index in [-0.39, 0.29) is 5.78 Å². The molecule has 0 aromatic carbocycles. The molecule has 0 atom stereocenters. The van der Waals surface area contributed by atoms with Gasteiger partial charge in [-0.25, -0.2) is 0 Å². The van der Waals surface area contributed by atoms with Crippen LogP contribution in [0.1, 0.15) is 41.5 Å². The molecule has 0 bridgehead atoms. The van der Waals surface area contributed by atoms with Gasteiger partial charge in [0.05, 0.1) is 0 Å². The number of carbonyl (C=O) groups excluding carboxylic acids is 1. The second-order valence-electron chi connectivity index (χ2n) is 4.47. The minimum atomic E-state index is 0.186. The minimum absolute atomic E-state index is 0.186. The molecule has 0 aliphatic carbocycles. The van der Waals surface area contributed by atoms with Gasteiger partial charge in [-0.2, -0.15) is 0 Å². The Labute approximate surface area is 82.2 Å². The molecule has 0 aliphatic rings. The summed E-state index contributed by atoms with van der Waals surface area (Å²) in [4.78, 5) is 11.1. The number of allylic oxidation sites excluding steroid dienone is 2. The lowest BCUT2D eigenvalue weighted by atomic mass is 9.84. The second kappa shape index (κ2) is 5.21. The van der Waals surface area contributed by atoms with E-state index < -0.39 is 0 Å². The Bertz CT molecular complexity index is 191. The summed E-state index contributed by atoms with van der Waals surface area (Å²) in [6.45, 7) is 12.3. The summed E-state index contributed by atoms with van der Waals surface area (Å²) >= 11 is 0. The van der Waals surface area contributed by atoms with E-state index in [0.29, 0.717) is 17.8 Å². The number of hydrogen-bond acceptors (Lipinski definition) is 1. The fourth-order valence-electron chi connectivity index (χ4n) is 1.56. The normalized spacial score (nSPS) is 13.2. The number of hydrogen-bond donors (Lipinski definition) is 0. The van der Waals surface area contributed by atoms with E-state index in [1.165, 1.54) is 0 Å².